The zero-order valence-corrected chi connectivity index (χ0v) is 24.0. The molecule has 8 nitrogen and oxygen atoms in total. The molecule has 0 fully saturated rings. The Hall–Kier alpha value is -3.07. The molecule has 198 valence electrons. The van der Waals surface area contributed by atoms with Crippen LogP contribution in [0.15, 0.2) is 69.5 Å². The minimum atomic E-state index is -0.659. The number of carbonyl (C=O) groups excluding carboxylic acids is 2. The van der Waals surface area contributed by atoms with Gasteiger partial charge >= 0.3 is 0 Å². The third-order valence-corrected chi connectivity index (χ3v) is 9.18. The van der Waals surface area contributed by atoms with Gasteiger partial charge in [-0.2, -0.15) is 5.26 Å². The molecule has 1 aliphatic carbocycles. The van der Waals surface area contributed by atoms with Gasteiger partial charge in [0.25, 0.3) is 0 Å². The van der Waals surface area contributed by atoms with E-state index in [4.69, 9.17) is 40.5 Å². The van der Waals surface area contributed by atoms with Crippen molar-refractivity contribution in [2.75, 3.05) is 16.0 Å². The Morgan fingerprint density at radius 2 is 1.97 bits per heavy atom. The van der Waals surface area contributed by atoms with Gasteiger partial charge in [-0.15, -0.1) is 10.2 Å². The topological polar surface area (TPSA) is 125 Å². The number of aromatic nitrogens is 2. The summed E-state index contributed by atoms with van der Waals surface area (Å²) in [4.78, 5) is 27.4. The van der Waals surface area contributed by atoms with Crippen LogP contribution < -0.4 is 16.0 Å². The lowest BCUT2D eigenvalue weighted by Crippen LogP contribution is -2.38. The van der Waals surface area contributed by atoms with E-state index in [1.807, 2.05) is 12.1 Å². The number of hydrogen-bond donors (Lipinski definition) is 2. The second-order valence-corrected chi connectivity index (χ2v) is 12.1. The second kappa shape index (κ2) is 11.6. The Morgan fingerprint density at radius 1 is 1.18 bits per heavy atom. The van der Waals surface area contributed by atoms with Crippen LogP contribution in [-0.4, -0.2) is 27.6 Å². The molecule has 39 heavy (non-hydrogen) atoms. The molecular weight excluding hydrogens is 599 g/mol. The summed E-state index contributed by atoms with van der Waals surface area (Å²) >= 11 is 21.0. The summed E-state index contributed by atoms with van der Waals surface area (Å²) in [6.07, 6.45) is 1.59. The highest BCUT2D eigenvalue weighted by Crippen LogP contribution is 2.48. The van der Waals surface area contributed by atoms with Crippen LogP contribution in [0.2, 0.25) is 15.1 Å². The molecule has 0 radical (unpaired) electrons. The number of allylic oxidation sites excluding steroid dienone is 3. The number of benzene rings is 2. The molecule has 2 heterocycles. The number of nitrogens with two attached hydrogens (primary N) is 1. The quantitative estimate of drug-likeness (QED) is 0.299. The van der Waals surface area contributed by atoms with Crippen molar-refractivity contribution < 1.29 is 9.59 Å². The van der Waals surface area contributed by atoms with Gasteiger partial charge in [-0.3, -0.25) is 14.5 Å². The van der Waals surface area contributed by atoms with Crippen molar-refractivity contribution in [3.8, 4) is 6.07 Å². The fourth-order valence-electron chi connectivity index (χ4n) is 4.58. The molecule has 2 aromatic carbocycles. The van der Waals surface area contributed by atoms with Crippen molar-refractivity contribution in [3.05, 3.63) is 85.8 Å². The van der Waals surface area contributed by atoms with Crippen molar-refractivity contribution in [3.63, 3.8) is 0 Å². The van der Waals surface area contributed by atoms with Crippen molar-refractivity contribution in [2.24, 2.45) is 5.73 Å². The normalized spacial score (nSPS) is 17.2. The van der Waals surface area contributed by atoms with Gasteiger partial charge < -0.3 is 11.1 Å². The first kappa shape index (κ1) is 27.5. The van der Waals surface area contributed by atoms with Gasteiger partial charge in [0.05, 0.1) is 34.0 Å². The molecule has 0 saturated heterocycles. The molecule has 0 spiro atoms. The maximum absolute atomic E-state index is 13.2. The summed E-state index contributed by atoms with van der Waals surface area (Å²) in [5.41, 5.74) is 9.10. The van der Waals surface area contributed by atoms with E-state index in [0.717, 1.165) is 0 Å². The van der Waals surface area contributed by atoms with E-state index in [1.165, 1.54) is 23.1 Å². The summed E-state index contributed by atoms with van der Waals surface area (Å²) < 4.78 is 0.520. The van der Waals surface area contributed by atoms with E-state index in [0.29, 0.717) is 66.3 Å². The minimum absolute atomic E-state index is 0.0527. The lowest BCUT2D eigenvalue weighted by atomic mass is 9.76. The number of ketones is 1. The fraction of sp³-hybridized carbons (Fsp3) is 0.192. The molecule has 0 bridgehead atoms. The molecule has 13 heteroatoms. The van der Waals surface area contributed by atoms with E-state index in [9.17, 15) is 14.9 Å². The van der Waals surface area contributed by atoms with Crippen molar-refractivity contribution in [2.45, 2.75) is 29.5 Å². The zero-order valence-electron chi connectivity index (χ0n) is 20.1. The molecule has 0 saturated carbocycles. The number of Topliss-reactive ketones (excluding diaryl/α,β-unsaturated/α-hetero) is 1. The van der Waals surface area contributed by atoms with E-state index in [-0.39, 0.29) is 28.8 Å². The SMILES string of the molecule is N#CC1=C(N)N(c2nnc(SCC(=O)Nc3ccc(Cl)cc3Cl)s2)C2=C(C(=O)CCC2)C1c1ccccc1Cl. The van der Waals surface area contributed by atoms with Crippen LogP contribution in [0.25, 0.3) is 0 Å². The number of nitrogens with one attached hydrogen (secondary N) is 1. The molecule has 1 aliphatic heterocycles. The second-order valence-electron chi connectivity index (χ2n) is 8.65. The number of hydrogen-bond acceptors (Lipinski definition) is 9. The number of carbonyl (C=O) groups is 2. The summed E-state index contributed by atoms with van der Waals surface area (Å²) in [7, 11) is 0. The maximum atomic E-state index is 13.2. The van der Waals surface area contributed by atoms with Crippen LogP contribution in [0.5, 0.6) is 0 Å². The number of anilines is 2. The number of nitrogens with zero attached hydrogens (tertiary/aromatic N) is 4. The van der Waals surface area contributed by atoms with E-state index in [1.54, 1.807) is 35.2 Å². The Morgan fingerprint density at radius 3 is 2.72 bits per heavy atom. The first-order valence-corrected chi connectivity index (χ1v) is 14.6. The average molecular weight is 618 g/mol. The highest BCUT2D eigenvalue weighted by atomic mass is 35.5. The molecule has 3 aromatic rings. The van der Waals surface area contributed by atoms with Crippen molar-refractivity contribution >= 4 is 80.4 Å². The van der Waals surface area contributed by atoms with Crippen LogP contribution in [0.4, 0.5) is 10.8 Å². The molecule has 5 rings (SSSR count). The first-order valence-electron chi connectivity index (χ1n) is 11.7. The number of amides is 1. The summed E-state index contributed by atoms with van der Waals surface area (Å²) in [5.74, 6) is -0.756. The van der Waals surface area contributed by atoms with Gasteiger partial charge in [-0.25, -0.2) is 0 Å². The number of nitriles is 1. The summed E-state index contributed by atoms with van der Waals surface area (Å²) in [6, 6.07) is 14.2. The highest BCUT2D eigenvalue weighted by Gasteiger charge is 2.41. The van der Waals surface area contributed by atoms with Crippen LogP contribution >= 0.6 is 57.9 Å². The molecule has 1 amide bonds. The Bertz CT molecular complexity index is 1600. The van der Waals surface area contributed by atoms with Gasteiger partial charge in [0, 0.05) is 27.7 Å². The largest absolute Gasteiger partial charge is 0.384 e. The summed E-state index contributed by atoms with van der Waals surface area (Å²) in [6.45, 7) is 0. The molecule has 2 aliphatic rings. The van der Waals surface area contributed by atoms with Crippen LogP contribution in [0.1, 0.15) is 30.7 Å². The predicted octanol–water partition coefficient (Wildman–Crippen LogP) is 6.53. The zero-order chi connectivity index (χ0) is 27.7. The van der Waals surface area contributed by atoms with E-state index < -0.39 is 5.92 Å². The molecule has 1 unspecified atom stereocenters. The number of rotatable bonds is 6. The van der Waals surface area contributed by atoms with Gasteiger partial charge in [-0.05, 0) is 42.7 Å². The lowest BCUT2D eigenvalue weighted by molar-refractivity contribution is -0.116. The van der Waals surface area contributed by atoms with Gasteiger partial charge in [0.2, 0.25) is 11.0 Å². The monoisotopic (exact) mass is 616 g/mol. The number of thioether (sulfide) groups is 1. The van der Waals surface area contributed by atoms with Crippen LogP contribution in [0.3, 0.4) is 0 Å². The third kappa shape index (κ3) is 5.51. The Kier molecular flexibility index (Phi) is 8.16. The van der Waals surface area contributed by atoms with E-state index >= 15 is 0 Å². The van der Waals surface area contributed by atoms with Gasteiger partial charge in [-0.1, -0.05) is 76.1 Å². The number of halogens is 3. The molecule has 3 N–H and O–H groups in total. The first-order chi connectivity index (χ1) is 18.8. The standard InChI is InChI=1S/C26H19Cl3N6O2S2/c27-13-8-9-18(17(29)10-13)32-21(37)12-38-26-34-33-25(39-26)35-19-6-3-7-20(36)23(19)22(15(11-30)24(35)31)14-4-1-2-5-16(14)28/h1-2,4-5,8-10,22H,3,6-7,12,31H2,(H,32,37). The predicted molar refractivity (Wildman–Crippen MR) is 155 cm³/mol. The average Bonchev–Trinajstić information content (AvgIpc) is 3.37. The molecule has 1 aromatic heterocycles. The Labute approximate surface area is 247 Å². The third-order valence-electron chi connectivity index (χ3n) is 6.25. The summed E-state index contributed by atoms with van der Waals surface area (Å²) in [5, 5.41) is 23.0. The smallest absolute Gasteiger partial charge is 0.234 e. The maximum Gasteiger partial charge on any atom is 0.234 e. The molecule has 1 atom stereocenters. The van der Waals surface area contributed by atoms with Crippen molar-refractivity contribution in [1.82, 2.24) is 10.2 Å². The van der Waals surface area contributed by atoms with E-state index in [2.05, 4.69) is 21.6 Å². The minimum Gasteiger partial charge on any atom is -0.384 e. The van der Waals surface area contributed by atoms with Crippen LogP contribution in [0, 0.1) is 11.3 Å². The lowest BCUT2D eigenvalue weighted by Gasteiger charge is -2.38. The fourth-order valence-corrected chi connectivity index (χ4v) is 6.96. The molecular formula is C26H19Cl3N6O2S2. The van der Waals surface area contributed by atoms with Gasteiger partial charge in [0.1, 0.15) is 5.82 Å². The van der Waals surface area contributed by atoms with Crippen LogP contribution in [-0.2, 0) is 9.59 Å². The van der Waals surface area contributed by atoms with Crippen molar-refractivity contribution in [1.29, 1.82) is 5.26 Å². The highest BCUT2D eigenvalue weighted by molar-refractivity contribution is 8.01. The van der Waals surface area contributed by atoms with Gasteiger partial charge in [0.15, 0.2) is 10.1 Å². The Balaban J connectivity index is 1.42.